The molecule has 5 aromatic carbocycles. The first-order chi connectivity index (χ1) is 54.3. The van der Waals surface area contributed by atoms with E-state index in [1.165, 1.54) is 33.0 Å². The first-order valence-electron chi connectivity index (χ1n) is 36.0. The molecule has 0 aliphatic carbocycles. The number of primary amides is 1. The number of amides is 8. The van der Waals surface area contributed by atoms with E-state index < -0.39 is 290 Å². The quantitative estimate of drug-likeness (QED) is 0.0461. The van der Waals surface area contributed by atoms with E-state index in [0.717, 1.165) is 73.7 Å². The van der Waals surface area contributed by atoms with E-state index >= 15 is 19.2 Å². The second kappa shape index (κ2) is 35.1. The van der Waals surface area contributed by atoms with Crippen LogP contribution in [0.1, 0.15) is 112 Å². The molecule has 39 nitrogen and oxygen atoms in total. The summed E-state index contributed by atoms with van der Waals surface area (Å²) in [7, 11) is 1.45. The molecule has 11 bridgehead atoms. The minimum atomic E-state index is -2.43. The smallest absolute Gasteiger partial charge is 0.330 e. The van der Waals surface area contributed by atoms with Gasteiger partial charge in [-0.1, -0.05) is 55.2 Å². The molecule has 8 heterocycles. The van der Waals surface area contributed by atoms with Crippen molar-refractivity contribution in [3.63, 3.8) is 0 Å². The Morgan fingerprint density at radius 2 is 1.32 bits per heavy atom. The number of nitrogens with one attached hydrogen (secondary N) is 8. The van der Waals surface area contributed by atoms with Gasteiger partial charge >= 0.3 is 5.97 Å². The highest BCUT2D eigenvalue weighted by Crippen LogP contribution is 2.50. The van der Waals surface area contributed by atoms with Crippen LogP contribution >= 0.6 is 23.2 Å². The largest absolute Gasteiger partial charge is 0.508 e. The van der Waals surface area contributed by atoms with Crippen molar-refractivity contribution in [3.05, 3.63) is 117 Å². The Bertz CT molecular complexity index is 4600. The van der Waals surface area contributed by atoms with Crippen molar-refractivity contribution in [2.24, 2.45) is 17.4 Å². The summed E-state index contributed by atoms with van der Waals surface area (Å²) in [5.74, 6) is -17.7. The highest BCUT2D eigenvalue weighted by Gasteiger charge is 2.54. The molecule has 0 radical (unpaired) electrons. The van der Waals surface area contributed by atoms with Gasteiger partial charge in [0.2, 0.25) is 59.3 Å². The van der Waals surface area contributed by atoms with Crippen molar-refractivity contribution in [3.8, 4) is 57.1 Å². The van der Waals surface area contributed by atoms with Gasteiger partial charge in [0.15, 0.2) is 36.4 Å². The van der Waals surface area contributed by atoms with Crippen LogP contribution in [-0.2, 0) is 71.6 Å². The zero-order valence-corrected chi connectivity index (χ0v) is 63.4. The molecule has 0 spiro atoms. The number of fused-ring (bicyclic) bond motifs is 15. The summed E-state index contributed by atoms with van der Waals surface area (Å²) in [4.78, 5) is 144. The summed E-state index contributed by atoms with van der Waals surface area (Å²) in [6.45, 7) is 6.37. The maximum absolute atomic E-state index is 16.3. The Balaban J connectivity index is 1.16. The average Bonchev–Trinajstić information content (AvgIpc) is 0.765. The molecule has 0 saturated carbocycles. The van der Waals surface area contributed by atoms with E-state index in [0.29, 0.717) is 0 Å². The Labute approximate surface area is 663 Å². The molecule has 1 unspecified atom stereocenters. The molecule has 3 saturated heterocycles. The normalized spacial score (nSPS) is 31.2. The van der Waals surface area contributed by atoms with Crippen LogP contribution in [0.4, 0.5) is 0 Å². The number of aromatic hydroxyl groups is 3. The SMILES string of the molecule is CN[C@H](CC(C)C)C(=O)N[C@H]1C(=O)N[C@@H](CC(N)=O)C(=O)N[C@H]2C(=O)N[C@H]3C(=O)NC(C(=O)N[C@@H](C(=O)O)c4cc(O)cc(O)c4-c4cc3ccc4O)[C@H](O[C@H]3C[C@](C)(N)[C@@H](O)[C@H](C)O3)c3ccc(c(Cl)c3)Oc3cc2cc(c3O[C@@H]2O[C@H](CO)[C@@H](O[C@@H]3O[C@H](C=O)[C@H](O)[C@H](O)[C@@H]3NC(C)=O)[C@H](O)[C@H]2O)Oc2ccc(cc2Cl)[C@H]1O. The minimum Gasteiger partial charge on any atom is -0.508 e. The van der Waals surface area contributed by atoms with Crippen LogP contribution < -0.4 is 68.2 Å². The maximum Gasteiger partial charge on any atom is 0.330 e. The summed E-state index contributed by atoms with van der Waals surface area (Å²) < 4.78 is 50.3. The van der Waals surface area contributed by atoms with Gasteiger partial charge in [-0.3, -0.25) is 38.4 Å². The van der Waals surface area contributed by atoms with Gasteiger partial charge in [0, 0.05) is 41.6 Å². The van der Waals surface area contributed by atoms with Gasteiger partial charge in [-0.25, -0.2) is 4.79 Å². The topological polar surface area (TPSA) is 615 Å². The summed E-state index contributed by atoms with van der Waals surface area (Å²) in [5.41, 5.74) is 7.85. The Kier molecular flexibility index (Phi) is 26.2. The van der Waals surface area contributed by atoms with Gasteiger partial charge < -0.3 is 153 Å². The van der Waals surface area contributed by atoms with Crippen LogP contribution in [0.15, 0.2) is 78.9 Å². The molecular weight excluding hydrogens is 1560 g/mol. The third-order valence-corrected chi connectivity index (χ3v) is 20.8. The van der Waals surface area contributed by atoms with Gasteiger partial charge in [0.1, 0.15) is 120 Å². The number of aliphatic hydroxyl groups is 7. The van der Waals surface area contributed by atoms with Gasteiger partial charge in [-0.2, -0.15) is 0 Å². The number of halogens is 2. The van der Waals surface area contributed by atoms with E-state index in [1.807, 2.05) is 0 Å². The fourth-order valence-electron chi connectivity index (χ4n) is 14.3. The molecule has 13 rings (SSSR count). The summed E-state index contributed by atoms with van der Waals surface area (Å²) in [6, 6.07) is -2.97. The third kappa shape index (κ3) is 18.4. The Hall–Kier alpha value is -10.2. The van der Waals surface area contributed by atoms with Crippen LogP contribution in [0.5, 0.6) is 46.0 Å². The monoisotopic (exact) mass is 1650 g/mol. The number of carboxylic acids is 1. The number of ether oxygens (including phenoxy) is 8. The lowest BCUT2D eigenvalue weighted by molar-refractivity contribution is -0.332. The number of benzene rings is 5. The number of aliphatic hydroxyl groups excluding tert-OH is 7. The molecule has 0 aromatic heterocycles. The molecule has 115 heavy (non-hydrogen) atoms. The highest BCUT2D eigenvalue weighted by molar-refractivity contribution is 6.32. The summed E-state index contributed by atoms with van der Waals surface area (Å²) >= 11 is 14.4. The van der Waals surface area contributed by atoms with Crippen molar-refractivity contribution in [2.45, 2.75) is 194 Å². The molecule has 23 atom stereocenters. The number of aliphatic carboxylic acids is 1. The van der Waals surface area contributed by atoms with E-state index in [-0.39, 0.29) is 36.2 Å². The van der Waals surface area contributed by atoms with Crippen molar-refractivity contribution >= 4 is 82.7 Å². The standard InChI is InChI=1S/C74H86Cl2N10O29/c1-25(2)13-37(79-6)65(100)85-53-56(94)29-8-11-41(35(75)15-29)109-43-17-31-18-44(62(43)114-73-60(98)59(97)63(46(24-88)112-73)115-72-54(80-27(4)89)58(96)57(95)45(23-87)111-72)110-42-12-9-30(16-36(42)76)61(113-48-22-74(5,78)64(99)26(3)108-48)55-70(105)84-52(71(106)107)34-19-32(90)20-40(92)49(34)33-14-28(7-10-39(33)91)50(67(102)86-55)83-68(103)51(31)82-66(101)38(21-47(77)93)81-69(53)104/h7-12,14-20,23,25-26,37-38,45-46,48,50-61,63-64,72-73,79,88,90-92,94-99H,13,21-22,24,78H2,1-6H3,(H2,77,93)(H,80,89)(H,81,104)(H,82,101)(H,83,103)(H,84,105)(H,85,100)(H,86,102)(H,106,107)/t26-,37+,38-,45+,46+,48-,50+,51+,52+,53+,54-,55?,56+,57-,58+,59+,60+,61+,63+,64-,72-,73-,74-/m0/s1. The molecule has 23 N–H and O–H groups in total. The number of phenolic OH excluding ortho intramolecular Hbond substituents is 3. The number of nitrogens with two attached hydrogens (primary N) is 2. The lowest BCUT2D eigenvalue weighted by atomic mass is 9.86. The summed E-state index contributed by atoms with van der Waals surface area (Å²) in [5, 5.41) is 145. The fourth-order valence-corrected chi connectivity index (χ4v) is 14.8. The van der Waals surface area contributed by atoms with Crippen molar-refractivity contribution < 1.29 is 142 Å². The van der Waals surface area contributed by atoms with Crippen molar-refractivity contribution in [1.82, 2.24) is 42.5 Å². The van der Waals surface area contributed by atoms with E-state index in [2.05, 4.69) is 42.5 Å². The number of phenols is 3. The van der Waals surface area contributed by atoms with E-state index in [1.54, 1.807) is 13.8 Å². The molecule has 8 aliphatic heterocycles. The predicted octanol–water partition coefficient (Wildman–Crippen LogP) is -1.72. The van der Waals surface area contributed by atoms with E-state index in [9.17, 15) is 84.9 Å². The van der Waals surface area contributed by atoms with Crippen LogP contribution in [-0.4, -0.2) is 239 Å². The zero-order valence-electron chi connectivity index (χ0n) is 61.9. The predicted molar refractivity (Wildman–Crippen MR) is 393 cm³/mol. The van der Waals surface area contributed by atoms with Crippen LogP contribution in [0.25, 0.3) is 11.1 Å². The van der Waals surface area contributed by atoms with Crippen molar-refractivity contribution in [1.29, 1.82) is 0 Å². The lowest BCUT2D eigenvalue weighted by Crippen LogP contribution is -2.67. The number of hydrogen-bond acceptors (Lipinski definition) is 30. The van der Waals surface area contributed by atoms with Crippen LogP contribution in [0.3, 0.4) is 0 Å². The van der Waals surface area contributed by atoms with Gasteiger partial charge in [0.25, 0.3) is 0 Å². The third-order valence-electron chi connectivity index (χ3n) is 20.2. The lowest BCUT2D eigenvalue weighted by Gasteiger charge is -2.46. The number of carboxylic acid groups (broad SMARTS) is 1. The first kappa shape index (κ1) is 85.7. The second-order valence-corrected chi connectivity index (χ2v) is 30.0. The number of aldehydes is 1. The number of carbonyl (C=O) groups is 10. The van der Waals surface area contributed by atoms with Crippen LogP contribution in [0, 0.1) is 5.92 Å². The van der Waals surface area contributed by atoms with Gasteiger partial charge in [-0.05, 0) is 110 Å². The van der Waals surface area contributed by atoms with Gasteiger partial charge in [-0.15, -0.1) is 0 Å². The fraction of sp³-hybridized carbons (Fsp3) is 0.459. The molecule has 8 amide bonds. The number of hydrogen-bond donors (Lipinski definition) is 21. The zero-order chi connectivity index (χ0) is 83.8. The molecule has 41 heteroatoms. The second-order valence-electron chi connectivity index (χ2n) is 29.1. The van der Waals surface area contributed by atoms with Crippen LogP contribution in [0.2, 0.25) is 10.0 Å². The van der Waals surface area contributed by atoms with E-state index in [4.69, 9.17) is 72.6 Å². The molecular formula is C74H86Cl2N10O29. The Morgan fingerprint density at radius 3 is 1.92 bits per heavy atom. The molecule has 5 aromatic rings. The minimum absolute atomic E-state index is 0.106. The van der Waals surface area contributed by atoms with Crippen molar-refractivity contribution in [2.75, 3.05) is 13.7 Å². The number of rotatable bonds is 17. The maximum atomic E-state index is 16.3. The molecule has 3 fully saturated rings. The van der Waals surface area contributed by atoms with Gasteiger partial charge in [0.05, 0.1) is 41.3 Å². The Morgan fingerprint density at radius 1 is 0.696 bits per heavy atom. The molecule has 620 valence electrons. The summed E-state index contributed by atoms with van der Waals surface area (Å²) in [6.07, 6.45) is -27.9. The molecule has 8 aliphatic rings. The number of carbonyl (C=O) groups excluding carboxylic acids is 9. The first-order valence-corrected chi connectivity index (χ1v) is 36.7. The number of likely N-dealkylation sites (N-methyl/N-ethyl adjacent to an activating group) is 1. The average molecular weight is 1650 g/mol. The highest BCUT2D eigenvalue weighted by atomic mass is 35.5.